The Morgan fingerprint density at radius 3 is 1.89 bits per heavy atom. The van der Waals surface area contributed by atoms with E-state index >= 15 is 0 Å². The van der Waals surface area contributed by atoms with Gasteiger partial charge in [0.25, 0.3) is 0 Å². The lowest BCUT2D eigenvalue weighted by Crippen LogP contribution is -2.36. The third kappa shape index (κ3) is 10.8. The third-order valence-electron chi connectivity index (χ3n) is 4.76. The van der Waals surface area contributed by atoms with Crippen LogP contribution in [0.5, 0.6) is 11.5 Å². The first-order valence-electron chi connectivity index (χ1n) is 12.1. The van der Waals surface area contributed by atoms with Crippen LogP contribution in [0.2, 0.25) is 0 Å². The fourth-order valence-electron chi connectivity index (χ4n) is 2.63. The van der Waals surface area contributed by atoms with Gasteiger partial charge in [-0.3, -0.25) is 19.2 Å². The molecule has 0 unspecified atom stereocenters. The van der Waals surface area contributed by atoms with Crippen LogP contribution >= 0.6 is 0 Å². The molecule has 0 aliphatic heterocycles. The van der Waals surface area contributed by atoms with Gasteiger partial charge < -0.3 is 24.7 Å². The molecule has 2 atom stereocenters. The summed E-state index contributed by atoms with van der Waals surface area (Å²) in [6.07, 6.45) is -0.248. The van der Waals surface area contributed by atoms with Gasteiger partial charge in [0.1, 0.15) is 18.8 Å². The molecule has 0 saturated carbocycles. The normalized spacial score (nSPS) is 13.5. The van der Waals surface area contributed by atoms with E-state index in [1.807, 2.05) is 13.8 Å². The van der Waals surface area contributed by atoms with Crippen molar-refractivity contribution in [1.29, 1.82) is 0 Å². The molecule has 9 heteroatoms. The molecule has 202 valence electrons. The zero-order valence-electron chi connectivity index (χ0n) is 22.9. The standard InChI is InChI=1S/C27H41NO8/c1-16(2)12-22(29)34-17(3)15-33-23(30)19(28)13-18-10-11-20(35-24(31)26(4,5)6)21(14-18)36-25(32)27(7,8)9/h10-11,14,16-17,19H,12-13,15,28H2,1-9H3/t17-,19-/m0/s1. The van der Waals surface area contributed by atoms with Crippen molar-refractivity contribution < 1.29 is 38.1 Å². The molecule has 0 fully saturated rings. The molecule has 0 amide bonds. The second-order valence-electron chi connectivity index (χ2n) is 11.4. The van der Waals surface area contributed by atoms with E-state index in [-0.39, 0.29) is 42.8 Å². The maximum atomic E-state index is 12.5. The van der Waals surface area contributed by atoms with Crippen LogP contribution < -0.4 is 15.2 Å². The highest BCUT2D eigenvalue weighted by atomic mass is 16.6. The molecule has 9 nitrogen and oxygen atoms in total. The number of esters is 4. The van der Waals surface area contributed by atoms with Crippen molar-refractivity contribution in [3.05, 3.63) is 23.8 Å². The molecule has 0 bridgehead atoms. The van der Waals surface area contributed by atoms with Gasteiger partial charge >= 0.3 is 23.9 Å². The first-order valence-corrected chi connectivity index (χ1v) is 12.1. The van der Waals surface area contributed by atoms with Crippen molar-refractivity contribution >= 4 is 23.9 Å². The number of hydrogen-bond donors (Lipinski definition) is 1. The molecule has 36 heavy (non-hydrogen) atoms. The van der Waals surface area contributed by atoms with Crippen molar-refractivity contribution in [3.8, 4) is 11.5 Å². The number of hydrogen-bond acceptors (Lipinski definition) is 9. The van der Waals surface area contributed by atoms with Crippen LogP contribution in [0.4, 0.5) is 0 Å². The lowest BCUT2D eigenvalue weighted by Gasteiger charge is -2.21. The van der Waals surface area contributed by atoms with Crippen LogP contribution in [0.3, 0.4) is 0 Å². The molecule has 0 saturated heterocycles. The van der Waals surface area contributed by atoms with Crippen LogP contribution in [-0.2, 0) is 35.1 Å². The SMILES string of the molecule is CC(C)CC(=O)O[C@@H](C)COC(=O)[C@@H](N)Cc1ccc(OC(=O)C(C)(C)C)c(OC(=O)C(C)(C)C)c1. The summed E-state index contributed by atoms with van der Waals surface area (Å²) in [5, 5.41) is 0. The van der Waals surface area contributed by atoms with Crippen molar-refractivity contribution in [1.82, 2.24) is 0 Å². The van der Waals surface area contributed by atoms with E-state index in [0.29, 0.717) is 5.56 Å². The highest BCUT2D eigenvalue weighted by molar-refractivity contribution is 5.81. The number of nitrogens with two attached hydrogens (primary N) is 1. The van der Waals surface area contributed by atoms with E-state index in [9.17, 15) is 19.2 Å². The van der Waals surface area contributed by atoms with E-state index in [0.717, 1.165) is 0 Å². The van der Waals surface area contributed by atoms with Gasteiger partial charge in [-0.2, -0.15) is 0 Å². The molecule has 0 heterocycles. The minimum absolute atomic E-state index is 0.0521. The molecule has 1 aromatic rings. The summed E-state index contributed by atoms with van der Waals surface area (Å²) in [7, 11) is 0. The van der Waals surface area contributed by atoms with Crippen LogP contribution in [0.1, 0.15) is 74.3 Å². The zero-order valence-corrected chi connectivity index (χ0v) is 22.9. The van der Waals surface area contributed by atoms with Gasteiger partial charge in [0.15, 0.2) is 11.5 Å². The van der Waals surface area contributed by atoms with Gasteiger partial charge in [0.05, 0.1) is 10.8 Å². The third-order valence-corrected chi connectivity index (χ3v) is 4.76. The number of carbonyl (C=O) groups excluding carboxylic acids is 4. The molecule has 1 rings (SSSR count). The summed E-state index contributed by atoms with van der Waals surface area (Å²) in [4.78, 5) is 49.0. The van der Waals surface area contributed by atoms with Crippen molar-refractivity contribution in [3.63, 3.8) is 0 Å². The second kappa shape index (κ2) is 12.9. The van der Waals surface area contributed by atoms with E-state index in [1.165, 1.54) is 12.1 Å². The maximum Gasteiger partial charge on any atom is 0.323 e. The lowest BCUT2D eigenvalue weighted by atomic mass is 9.97. The fraction of sp³-hybridized carbons (Fsp3) is 0.630. The van der Waals surface area contributed by atoms with Crippen LogP contribution in [0.15, 0.2) is 18.2 Å². The van der Waals surface area contributed by atoms with Gasteiger partial charge in [-0.05, 0) is 78.5 Å². The first-order chi connectivity index (χ1) is 16.4. The Morgan fingerprint density at radius 2 is 1.39 bits per heavy atom. The number of benzene rings is 1. The van der Waals surface area contributed by atoms with Crippen LogP contribution in [0, 0.1) is 16.7 Å². The zero-order chi connectivity index (χ0) is 27.8. The summed E-state index contributed by atoms with van der Waals surface area (Å²) >= 11 is 0. The first kappa shape index (κ1) is 31.1. The average Bonchev–Trinajstić information content (AvgIpc) is 2.71. The summed E-state index contributed by atoms with van der Waals surface area (Å²) in [5.74, 6) is -1.73. The quantitative estimate of drug-likeness (QED) is 0.369. The Morgan fingerprint density at radius 1 is 0.861 bits per heavy atom. The van der Waals surface area contributed by atoms with Crippen LogP contribution in [-0.4, -0.2) is 42.6 Å². The van der Waals surface area contributed by atoms with Crippen molar-refractivity contribution in [2.45, 2.75) is 87.3 Å². The summed E-state index contributed by atoms with van der Waals surface area (Å²) in [6.45, 7) is 15.6. The van der Waals surface area contributed by atoms with Gasteiger partial charge in [-0.25, -0.2) is 0 Å². The molecule has 0 aromatic heterocycles. The van der Waals surface area contributed by atoms with E-state index in [1.54, 1.807) is 54.5 Å². The monoisotopic (exact) mass is 507 g/mol. The Labute approximate surface area is 214 Å². The maximum absolute atomic E-state index is 12.5. The van der Waals surface area contributed by atoms with Gasteiger partial charge in [-0.1, -0.05) is 19.9 Å². The van der Waals surface area contributed by atoms with E-state index < -0.39 is 40.9 Å². The van der Waals surface area contributed by atoms with Crippen LogP contribution in [0.25, 0.3) is 0 Å². The largest absolute Gasteiger partial charge is 0.461 e. The van der Waals surface area contributed by atoms with E-state index in [2.05, 4.69) is 0 Å². The Bertz CT molecular complexity index is 940. The van der Waals surface area contributed by atoms with Crippen molar-refractivity contribution in [2.75, 3.05) is 6.61 Å². The molecule has 0 aliphatic carbocycles. The summed E-state index contributed by atoms with van der Waals surface area (Å²) < 4.78 is 21.4. The average molecular weight is 508 g/mol. The molecular formula is C27H41NO8. The fourth-order valence-corrected chi connectivity index (χ4v) is 2.63. The van der Waals surface area contributed by atoms with Gasteiger partial charge in [0, 0.05) is 6.42 Å². The number of ether oxygens (including phenoxy) is 4. The highest BCUT2D eigenvalue weighted by Gasteiger charge is 2.28. The highest BCUT2D eigenvalue weighted by Crippen LogP contribution is 2.33. The smallest absolute Gasteiger partial charge is 0.323 e. The van der Waals surface area contributed by atoms with Gasteiger partial charge in [-0.15, -0.1) is 0 Å². The lowest BCUT2D eigenvalue weighted by molar-refractivity contribution is -0.159. The molecular weight excluding hydrogens is 466 g/mol. The number of rotatable bonds is 10. The molecule has 0 aliphatic rings. The molecule has 2 N–H and O–H groups in total. The Balaban J connectivity index is 2.92. The predicted molar refractivity (Wildman–Crippen MR) is 134 cm³/mol. The Kier molecular flexibility index (Phi) is 11.1. The van der Waals surface area contributed by atoms with E-state index in [4.69, 9.17) is 24.7 Å². The second-order valence-corrected chi connectivity index (χ2v) is 11.4. The number of carbonyl (C=O) groups is 4. The minimum atomic E-state index is -1.02. The molecule has 0 spiro atoms. The summed E-state index contributed by atoms with van der Waals surface area (Å²) in [5.41, 5.74) is 5.03. The molecule has 1 aromatic carbocycles. The van der Waals surface area contributed by atoms with Crippen molar-refractivity contribution in [2.24, 2.45) is 22.5 Å². The summed E-state index contributed by atoms with van der Waals surface area (Å²) in [6, 6.07) is 3.62. The minimum Gasteiger partial charge on any atom is -0.461 e. The Hall–Kier alpha value is -2.94. The molecule has 0 radical (unpaired) electrons. The predicted octanol–water partition coefficient (Wildman–Crippen LogP) is 3.98. The van der Waals surface area contributed by atoms with Gasteiger partial charge in [0.2, 0.25) is 0 Å². The topological polar surface area (TPSA) is 131 Å².